The van der Waals surface area contributed by atoms with Crippen LogP contribution < -0.4 is 11.1 Å². The van der Waals surface area contributed by atoms with Crippen molar-refractivity contribution in [3.8, 4) is 0 Å². The van der Waals surface area contributed by atoms with E-state index in [9.17, 15) is 24.5 Å². The smallest absolute Gasteiger partial charge is 0.339 e. The molecule has 0 aromatic heterocycles. The maximum absolute atomic E-state index is 11.7. The number of benzene rings is 1. The molecule has 0 fully saturated rings. The molecule has 0 heterocycles. The van der Waals surface area contributed by atoms with Gasteiger partial charge in [-0.15, -0.1) is 0 Å². The Balaban J connectivity index is 2.78. The first-order chi connectivity index (χ1) is 9.32. The van der Waals surface area contributed by atoms with Crippen molar-refractivity contribution in [2.75, 3.05) is 6.61 Å². The number of carbonyl (C=O) groups excluding carboxylic acids is 3. The van der Waals surface area contributed by atoms with Crippen LogP contribution in [0.1, 0.15) is 15.9 Å². The predicted octanol–water partition coefficient (Wildman–Crippen LogP) is 0.255. The number of carbonyl (C=O) groups is 3. The van der Waals surface area contributed by atoms with Crippen LogP contribution in [0.5, 0.6) is 0 Å². The molecule has 0 atom stereocenters. The van der Waals surface area contributed by atoms with Crippen molar-refractivity contribution >= 4 is 23.6 Å². The van der Waals surface area contributed by atoms with Gasteiger partial charge in [-0.3, -0.25) is 20.2 Å². The van der Waals surface area contributed by atoms with Gasteiger partial charge in [0.2, 0.25) is 0 Å². The quantitative estimate of drug-likeness (QED) is 0.460. The molecule has 0 bridgehead atoms. The number of urea groups is 1. The maximum Gasteiger partial charge on any atom is 0.339 e. The summed E-state index contributed by atoms with van der Waals surface area (Å²) in [7, 11) is 0. The standard InChI is InChI=1S/C11H11N3O6/c1-6-7(3-2-4-8(6)14(18)19)10(16)20-5-9(15)13-11(12)17/h2-4H,5H2,1H3,(H3,12,13,15,17). The molecule has 9 nitrogen and oxygen atoms in total. The SMILES string of the molecule is Cc1c(C(=O)OCC(=O)NC(N)=O)cccc1[N+](=O)[O-]. The second kappa shape index (κ2) is 6.27. The number of nitro benzene ring substituents is 1. The van der Waals surface area contributed by atoms with Crippen molar-refractivity contribution in [3.05, 3.63) is 39.4 Å². The first-order valence-corrected chi connectivity index (χ1v) is 5.33. The van der Waals surface area contributed by atoms with Gasteiger partial charge in [-0.1, -0.05) is 6.07 Å². The van der Waals surface area contributed by atoms with Gasteiger partial charge in [-0.05, 0) is 13.0 Å². The normalized spacial score (nSPS) is 9.65. The summed E-state index contributed by atoms with van der Waals surface area (Å²) >= 11 is 0. The average Bonchev–Trinajstić information content (AvgIpc) is 2.35. The molecule has 0 aliphatic carbocycles. The van der Waals surface area contributed by atoms with Gasteiger partial charge in [-0.25, -0.2) is 9.59 Å². The summed E-state index contributed by atoms with van der Waals surface area (Å²) in [5.74, 6) is -1.81. The average molecular weight is 281 g/mol. The highest BCUT2D eigenvalue weighted by Crippen LogP contribution is 2.21. The van der Waals surface area contributed by atoms with Crippen molar-refractivity contribution in [2.24, 2.45) is 5.73 Å². The van der Waals surface area contributed by atoms with Gasteiger partial charge in [-0.2, -0.15) is 0 Å². The molecule has 0 aliphatic rings. The summed E-state index contributed by atoms with van der Waals surface area (Å²) in [5, 5.41) is 12.4. The summed E-state index contributed by atoms with van der Waals surface area (Å²) < 4.78 is 4.62. The minimum Gasteiger partial charge on any atom is -0.452 e. The van der Waals surface area contributed by atoms with Crippen molar-refractivity contribution in [1.82, 2.24) is 5.32 Å². The van der Waals surface area contributed by atoms with Crippen molar-refractivity contribution in [1.29, 1.82) is 0 Å². The number of hydrogen-bond donors (Lipinski definition) is 2. The van der Waals surface area contributed by atoms with Crippen LogP contribution in [0.15, 0.2) is 18.2 Å². The number of hydrogen-bond acceptors (Lipinski definition) is 6. The van der Waals surface area contributed by atoms with E-state index in [2.05, 4.69) is 4.74 Å². The predicted molar refractivity (Wildman–Crippen MR) is 65.8 cm³/mol. The lowest BCUT2D eigenvalue weighted by atomic mass is 10.1. The summed E-state index contributed by atoms with van der Waals surface area (Å²) in [4.78, 5) is 43.2. The van der Waals surface area contributed by atoms with Crippen LogP contribution in [-0.2, 0) is 9.53 Å². The lowest BCUT2D eigenvalue weighted by molar-refractivity contribution is -0.385. The third-order valence-electron chi connectivity index (χ3n) is 2.32. The van der Waals surface area contributed by atoms with E-state index in [0.717, 1.165) is 0 Å². The number of imide groups is 1. The third kappa shape index (κ3) is 3.77. The second-order valence-electron chi connectivity index (χ2n) is 3.70. The summed E-state index contributed by atoms with van der Waals surface area (Å²) in [5.41, 5.74) is 4.55. The molecular weight excluding hydrogens is 270 g/mol. The third-order valence-corrected chi connectivity index (χ3v) is 2.32. The summed E-state index contributed by atoms with van der Waals surface area (Å²) in [6.45, 7) is 0.669. The van der Waals surface area contributed by atoms with Crippen molar-refractivity contribution < 1.29 is 24.0 Å². The Hall–Kier alpha value is -2.97. The number of ether oxygens (including phenoxy) is 1. The lowest BCUT2D eigenvalue weighted by Gasteiger charge is -2.06. The molecule has 0 spiro atoms. The van der Waals surface area contributed by atoms with Gasteiger partial charge in [0.25, 0.3) is 11.6 Å². The van der Waals surface area contributed by atoms with E-state index in [0.29, 0.717) is 0 Å². The van der Waals surface area contributed by atoms with E-state index in [1.165, 1.54) is 25.1 Å². The molecule has 0 radical (unpaired) electrons. The molecule has 0 aliphatic heterocycles. The fourth-order valence-electron chi connectivity index (χ4n) is 1.42. The van der Waals surface area contributed by atoms with Crippen LogP contribution in [0.25, 0.3) is 0 Å². The Morgan fingerprint density at radius 1 is 1.40 bits per heavy atom. The molecule has 20 heavy (non-hydrogen) atoms. The molecule has 0 saturated heterocycles. The number of esters is 1. The van der Waals surface area contributed by atoms with Gasteiger partial charge in [0.15, 0.2) is 6.61 Å². The molecule has 1 rings (SSSR count). The van der Waals surface area contributed by atoms with E-state index >= 15 is 0 Å². The highest BCUT2D eigenvalue weighted by atomic mass is 16.6. The monoisotopic (exact) mass is 281 g/mol. The number of nitro groups is 1. The molecule has 3 amide bonds. The zero-order chi connectivity index (χ0) is 15.3. The van der Waals surface area contributed by atoms with Gasteiger partial charge in [0.05, 0.1) is 10.5 Å². The van der Waals surface area contributed by atoms with Gasteiger partial charge >= 0.3 is 12.0 Å². The van der Waals surface area contributed by atoms with E-state index in [4.69, 9.17) is 5.73 Å². The van der Waals surface area contributed by atoms with E-state index in [-0.39, 0.29) is 16.8 Å². The number of primary amides is 1. The van der Waals surface area contributed by atoms with Gasteiger partial charge in [0, 0.05) is 11.6 Å². The molecule has 106 valence electrons. The van der Waals surface area contributed by atoms with Crippen LogP contribution in [0, 0.1) is 17.0 Å². The number of nitrogens with zero attached hydrogens (tertiary/aromatic N) is 1. The van der Waals surface area contributed by atoms with E-state index in [1.54, 1.807) is 5.32 Å². The highest BCUT2D eigenvalue weighted by molar-refractivity contribution is 5.97. The maximum atomic E-state index is 11.7. The molecular formula is C11H11N3O6. The van der Waals surface area contributed by atoms with Crippen LogP contribution in [0.4, 0.5) is 10.5 Å². The Morgan fingerprint density at radius 3 is 2.60 bits per heavy atom. The Morgan fingerprint density at radius 2 is 2.05 bits per heavy atom. The molecule has 0 unspecified atom stereocenters. The topological polar surface area (TPSA) is 142 Å². The zero-order valence-electron chi connectivity index (χ0n) is 10.4. The largest absolute Gasteiger partial charge is 0.452 e. The molecule has 9 heteroatoms. The van der Waals surface area contributed by atoms with Crippen LogP contribution in [0.2, 0.25) is 0 Å². The number of amides is 3. The molecule has 0 saturated carbocycles. The molecule has 1 aromatic carbocycles. The second-order valence-corrected chi connectivity index (χ2v) is 3.70. The van der Waals surface area contributed by atoms with Gasteiger partial charge in [0.1, 0.15) is 0 Å². The fraction of sp³-hybridized carbons (Fsp3) is 0.182. The Bertz CT molecular complexity index is 584. The number of rotatable bonds is 4. The molecule has 3 N–H and O–H groups in total. The first kappa shape index (κ1) is 15.1. The number of nitrogens with one attached hydrogen (secondary N) is 1. The van der Waals surface area contributed by atoms with Crippen molar-refractivity contribution in [3.63, 3.8) is 0 Å². The minimum absolute atomic E-state index is 0.0360. The lowest BCUT2D eigenvalue weighted by Crippen LogP contribution is -2.37. The first-order valence-electron chi connectivity index (χ1n) is 5.33. The molecule has 1 aromatic rings. The van der Waals surface area contributed by atoms with E-state index < -0.39 is 29.4 Å². The Kier molecular flexibility index (Phi) is 4.73. The zero-order valence-corrected chi connectivity index (χ0v) is 10.4. The van der Waals surface area contributed by atoms with E-state index in [1.807, 2.05) is 0 Å². The van der Waals surface area contributed by atoms with Crippen LogP contribution in [-0.4, -0.2) is 29.4 Å². The minimum atomic E-state index is -1.07. The fourth-order valence-corrected chi connectivity index (χ4v) is 1.42. The Labute approximate surface area is 112 Å². The van der Waals surface area contributed by atoms with Crippen LogP contribution in [0.3, 0.4) is 0 Å². The summed E-state index contributed by atoms with van der Waals surface area (Å²) in [6.07, 6.45) is 0. The highest BCUT2D eigenvalue weighted by Gasteiger charge is 2.19. The van der Waals surface area contributed by atoms with Crippen molar-refractivity contribution in [2.45, 2.75) is 6.92 Å². The van der Waals surface area contributed by atoms with Crippen LogP contribution >= 0.6 is 0 Å². The van der Waals surface area contributed by atoms with Gasteiger partial charge < -0.3 is 10.5 Å². The summed E-state index contributed by atoms with van der Waals surface area (Å²) in [6, 6.07) is 2.82. The number of nitrogens with two attached hydrogens (primary N) is 1.